The van der Waals surface area contributed by atoms with Gasteiger partial charge >= 0.3 is 0 Å². The molecular weight excluding hydrogens is 279 g/mol. The van der Waals surface area contributed by atoms with Gasteiger partial charge in [0.1, 0.15) is 0 Å². The first-order chi connectivity index (χ1) is 9.06. The molecule has 0 saturated carbocycles. The predicted molar refractivity (Wildman–Crippen MR) is 83.0 cm³/mol. The van der Waals surface area contributed by atoms with Gasteiger partial charge in [0.15, 0.2) is 0 Å². The van der Waals surface area contributed by atoms with E-state index < -0.39 is 0 Å². The summed E-state index contributed by atoms with van der Waals surface area (Å²) >= 11 is 12.5. The first kappa shape index (κ1) is 15.1. The molecule has 4 heteroatoms. The van der Waals surface area contributed by atoms with Crippen molar-refractivity contribution in [2.24, 2.45) is 5.92 Å². The summed E-state index contributed by atoms with van der Waals surface area (Å²) in [6.45, 7) is 8.54. The van der Waals surface area contributed by atoms with Gasteiger partial charge in [0.05, 0.1) is 0 Å². The zero-order chi connectivity index (χ0) is 13.8. The molecule has 2 rings (SSSR count). The molecule has 1 saturated heterocycles. The van der Waals surface area contributed by atoms with Gasteiger partial charge in [-0.25, -0.2) is 0 Å². The Bertz CT molecular complexity index is 400. The summed E-state index contributed by atoms with van der Waals surface area (Å²) in [4.78, 5) is 2.44. The summed E-state index contributed by atoms with van der Waals surface area (Å²) in [5, 5.41) is 5.13. The van der Waals surface area contributed by atoms with Crippen molar-refractivity contribution < 1.29 is 0 Å². The third-order valence-electron chi connectivity index (χ3n) is 3.54. The number of nitrogens with one attached hydrogen (secondary N) is 1. The lowest BCUT2D eigenvalue weighted by Gasteiger charge is -2.34. The largest absolute Gasteiger partial charge is 0.311 e. The number of hydrogen-bond acceptors (Lipinski definition) is 2. The van der Waals surface area contributed by atoms with Crippen LogP contribution in [-0.4, -0.2) is 30.6 Å². The number of halogens is 2. The molecule has 0 spiro atoms. The summed E-state index contributed by atoms with van der Waals surface area (Å²) in [5.41, 5.74) is 1.05. The monoisotopic (exact) mass is 300 g/mol. The van der Waals surface area contributed by atoms with Crippen molar-refractivity contribution in [3.63, 3.8) is 0 Å². The van der Waals surface area contributed by atoms with Crippen LogP contribution in [0, 0.1) is 5.92 Å². The Labute approximate surface area is 126 Å². The maximum atomic E-state index is 6.24. The smallest absolute Gasteiger partial charge is 0.0465 e. The highest BCUT2D eigenvalue weighted by Gasteiger charge is 2.21. The highest BCUT2D eigenvalue weighted by molar-refractivity contribution is 6.35. The Balaban J connectivity index is 1.99. The van der Waals surface area contributed by atoms with E-state index in [9.17, 15) is 0 Å². The number of piperazine rings is 1. The zero-order valence-corrected chi connectivity index (χ0v) is 13.1. The lowest BCUT2D eigenvalue weighted by molar-refractivity contribution is 0.180. The van der Waals surface area contributed by atoms with E-state index >= 15 is 0 Å². The van der Waals surface area contributed by atoms with E-state index in [1.165, 1.54) is 6.42 Å². The predicted octanol–water partition coefficient (Wildman–Crippen LogP) is 3.81. The van der Waals surface area contributed by atoms with Gasteiger partial charge < -0.3 is 5.32 Å². The van der Waals surface area contributed by atoms with Gasteiger partial charge in [0.25, 0.3) is 0 Å². The normalized spacial score (nSPS) is 21.0. The number of nitrogens with zero attached hydrogens (tertiary/aromatic N) is 1. The average Bonchev–Trinajstić information content (AvgIpc) is 2.34. The Hall–Kier alpha value is -0.280. The second-order valence-electron chi connectivity index (χ2n) is 5.72. The summed E-state index contributed by atoms with van der Waals surface area (Å²) in [7, 11) is 0. The molecule has 1 N–H and O–H groups in total. The van der Waals surface area contributed by atoms with Crippen LogP contribution in [0.3, 0.4) is 0 Å². The van der Waals surface area contributed by atoms with Crippen molar-refractivity contribution in [3.8, 4) is 0 Å². The first-order valence-corrected chi connectivity index (χ1v) is 7.70. The van der Waals surface area contributed by atoms with E-state index in [2.05, 4.69) is 24.1 Å². The maximum Gasteiger partial charge on any atom is 0.0465 e. The minimum atomic E-state index is 0.579. The van der Waals surface area contributed by atoms with Crippen molar-refractivity contribution in [3.05, 3.63) is 33.8 Å². The Morgan fingerprint density at radius 1 is 1.32 bits per heavy atom. The SMILES string of the molecule is CC(C)CC1CN(Cc2c(Cl)cccc2Cl)CCN1. The summed E-state index contributed by atoms with van der Waals surface area (Å²) in [6, 6.07) is 6.30. The molecule has 0 aliphatic carbocycles. The molecule has 1 aromatic carbocycles. The fraction of sp³-hybridized carbons (Fsp3) is 0.600. The second kappa shape index (κ2) is 6.94. The van der Waals surface area contributed by atoms with E-state index in [4.69, 9.17) is 23.2 Å². The average molecular weight is 301 g/mol. The summed E-state index contributed by atoms with van der Waals surface area (Å²) in [5.74, 6) is 0.723. The van der Waals surface area contributed by atoms with Crippen LogP contribution in [0.15, 0.2) is 18.2 Å². The van der Waals surface area contributed by atoms with Gasteiger partial charge in [0.2, 0.25) is 0 Å². The van der Waals surface area contributed by atoms with E-state index in [0.717, 1.165) is 47.7 Å². The van der Waals surface area contributed by atoms with Crippen LogP contribution in [0.4, 0.5) is 0 Å². The van der Waals surface area contributed by atoms with Gasteiger partial charge in [-0.15, -0.1) is 0 Å². The van der Waals surface area contributed by atoms with Gasteiger partial charge in [-0.3, -0.25) is 4.90 Å². The lowest BCUT2D eigenvalue weighted by Crippen LogP contribution is -2.50. The lowest BCUT2D eigenvalue weighted by atomic mass is 10.0. The molecule has 1 fully saturated rings. The quantitative estimate of drug-likeness (QED) is 0.909. The highest BCUT2D eigenvalue weighted by atomic mass is 35.5. The molecule has 0 amide bonds. The molecule has 19 heavy (non-hydrogen) atoms. The molecule has 1 unspecified atom stereocenters. The van der Waals surface area contributed by atoms with Gasteiger partial charge in [-0.2, -0.15) is 0 Å². The standard InChI is InChI=1S/C15H22Cl2N2/c1-11(2)8-12-9-19(7-6-18-12)10-13-14(16)4-3-5-15(13)17/h3-5,11-12,18H,6-10H2,1-2H3. The van der Waals surface area contributed by atoms with Crippen molar-refractivity contribution in [1.82, 2.24) is 10.2 Å². The Morgan fingerprint density at radius 2 is 2.00 bits per heavy atom. The molecule has 0 radical (unpaired) electrons. The maximum absolute atomic E-state index is 6.24. The van der Waals surface area contributed by atoms with Crippen molar-refractivity contribution in [1.29, 1.82) is 0 Å². The van der Waals surface area contributed by atoms with Crippen LogP contribution in [0.2, 0.25) is 10.0 Å². The van der Waals surface area contributed by atoms with E-state index in [1.54, 1.807) is 0 Å². The molecule has 1 heterocycles. The molecule has 106 valence electrons. The van der Waals surface area contributed by atoms with Crippen LogP contribution in [-0.2, 0) is 6.54 Å². The molecule has 1 aromatic rings. The number of benzene rings is 1. The highest BCUT2D eigenvalue weighted by Crippen LogP contribution is 2.26. The second-order valence-corrected chi connectivity index (χ2v) is 6.53. The van der Waals surface area contributed by atoms with E-state index in [0.29, 0.717) is 6.04 Å². The number of rotatable bonds is 4. The third-order valence-corrected chi connectivity index (χ3v) is 4.25. The van der Waals surface area contributed by atoms with E-state index in [1.807, 2.05) is 18.2 Å². The summed E-state index contributed by atoms with van der Waals surface area (Å²) in [6.07, 6.45) is 1.22. The Morgan fingerprint density at radius 3 is 2.63 bits per heavy atom. The Kier molecular flexibility index (Phi) is 5.52. The molecule has 0 bridgehead atoms. The van der Waals surface area contributed by atoms with Gasteiger partial charge in [-0.05, 0) is 24.5 Å². The molecular formula is C15H22Cl2N2. The molecule has 1 atom stereocenters. The van der Waals surface area contributed by atoms with E-state index in [-0.39, 0.29) is 0 Å². The minimum absolute atomic E-state index is 0.579. The fourth-order valence-electron chi connectivity index (χ4n) is 2.67. The molecule has 1 aliphatic heterocycles. The fourth-order valence-corrected chi connectivity index (χ4v) is 3.19. The van der Waals surface area contributed by atoms with Crippen molar-refractivity contribution >= 4 is 23.2 Å². The van der Waals surface area contributed by atoms with Gasteiger partial charge in [0, 0.05) is 47.8 Å². The summed E-state index contributed by atoms with van der Waals surface area (Å²) < 4.78 is 0. The van der Waals surface area contributed by atoms with Gasteiger partial charge in [-0.1, -0.05) is 43.1 Å². The zero-order valence-electron chi connectivity index (χ0n) is 11.6. The first-order valence-electron chi connectivity index (χ1n) is 6.95. The molecule has 1 aliphatic rings. The van der Waals surface area contributed by atoms with Crippen LogP contribution >= 0.6 is 23.2 Å². The van der Waals surface area contributed by atoms with Crippen LogP contribution in [0.1, 0.15) is 25.8 Å². The van der Waals surface area contributed by atoms with Crippen LogP contribution in [0.5, 0.6) is 0 Å². The van der Waals surface area contributed by atoms with Crippen molar-refractivity contribution in [2.45, 2.75) is 32.9 Å². The van der Waals surface area contributed by atoms with Crippen LogP contribution < -0.4 is 5.32 Å². The number of hydrogen-bond donors (Lipinski definition) is 1. The topological polar surface area (TPSA) is 15.3 Å². The molecule has 0 aromatic heterocycles. The minimum Gasteiger partial charge on any atom is -0.311 e. The molecule has 2 nitrogen and oxygen atoms in total. The third kappa shape index (κ3) is 4.35. The van der Waals surface area contributed by atoms with Crippen LogP contribution in [0.25, 0.3) is 0 Å². The van der Waals surface area contributed by atoms with Crippen molar-refractivity contribution in [2.75, 3.05) is 19.6 Å².